The lowest BCUT2D eigenvalue weighted by Gasteiger charge is -2.46. The molecule has 1 fully saturated rings. The van der Waals surface area contributed by atoms with Crippen LogP contribution in [0.5, 0.6) is 0 Å². The van der Waals surface area contributed by atoms with Gasteiger partial charge in [-0.25, -0.2) is 19.1 Å². The van der Waals surface area contributed by atoms with Gasteiger partial charge in [0.05, 0.1) is 53.3 Å². The smallest absolute Gasteiger partial charge is 0.165 e. The van der Waals surface area contributed by atoms with Crippen LogP contribution in [0.3, 0.4) is 0 Å². The van der Waals surface area contributed by atoms with Crippen LogP contribution in [0.1, 0.15) is 17.7 Å². The summed E-state index contributed by atoms with van der Waals surface area (Å²) in [6.45, 7) is 4.99. The average molecular weight is 542 g/mol. The van der Waals surface area contributed by atoms with E-state index in [1.807, 2.05) is 67.2 Å². The van der Waals surface area contributed by atoms with E-state index in [4.69, 9.17) is 42.8 Å². The van der Waals surface area contributed by atoms with Crippen molar-refractivity contribution < 1.29 is 4.74 Å². The molecule has 0 N–H and O–H groups in total. The van der Waals surface area contributed by atoms with Gasteiger partial charge in [-0.15, -0.1) is 0 Å². The molecule has 5 rings (SSSR count). The first kappa shape index (κ1) is 25.0. The molecule has 0 aliphatic carbocycles. The van der Waals surface area contributed by atoms with Gasteiger partial charge < -0.3 is 9.41 Å². The fraction of sp³-hybridized carbons (Fsp3) is 0.320. The molecule has 1 saturated heterocycles. The highest BCUT2D eigenvalue weighted by Crippen LogP contribution is 2.62. The van der Waals surface area contributed by atoms with Crippen molar-refractivity contribution in [1.29, 1.82) is 5.26 Å². The number of aryl methyl sites for hydroxylation is 2. The van der Waals surface area contributed by atoms with Crippen LogP contribution in [-0.2, 0) is 11.3 Å². The maximum absolute atomic E-state index is 9.27. The predicted octanol–water partition coefficient (Wildman–Crippen LogP) is 5.76. The molecule has 0 amide bonds. The molecule has 186 valence electrons. The fourth-order valence-electron chi connectivity index (χ4n) is 4.69. The molecule has 2 aromatic carbocycles. The minimum absolute atomic E-state index is 0.329. The molecule has 2 aliphatic rings. The average Bonchev–Trinajstić information content (AvgIpc) is 3.22. The van der Waals surface area contributed by atoms with Crippen molar-refractivity contribution in [2.45, 2.75) is 19.9 Å². The van der Waals surface area contributed by atoms with Gasteiger partial charge in [0, 0.05) is 25.7 Å². The van der Waals surface area contributed by atoms with E-state index in [0.29, 0.717) is 55.0 Å². The number of nitrogens with zero attached hydrogens (tertiary/aromatic N) is 7. The van der Waals surface area contributed by atoms with E-state index in [2.05, 4.69) is 15.4 Å². The summed E-state index contributed by atoms with van der Waals surface area (Å²) in [5, 5.41) is 16.1. The molecule has 3 aromatic rings. The first-order chi connectivity index (χ1) is 17.5. The third-order valence-electron chi connectivity index (χ3n) is 6.33. The Hall–Kier alpha value is -2.66. The molecule has 0 radical (unpaired) electrons. The minimum atomic E-state index is -2.75. The Kier molecular flexibility index (Phi) is 7.21. The Balaban J connectivity index is 1.88. The summed E-state index contributed by atoms with van der Waals surface area (Å²) in [6.07, 6.45) is 0.329. The summed E-state index contributed by atoms with van der Waals surface area (Å²) >= 11 is 13.4. The van der Waals surface area contributed by atoms with Crippen LogP contribution in [0.15, 0.2) is 58.3 Å². The number of aromatic nitrogens is 2. The molecule has 11 heteroatoms. The molecule has 3 heterocycles. The highest BCUT2D eigenvalue weighted by Gasteiger charge is 2.45. The van der Waals surface area contributed by atoms with Crippen molar-refractivity contribution in [3.8, 4) is 6.07 Å². The minimum Gasteiger partial charge on any atom is -0.379 e. The summed E-state index contributed by atoms with van der Waals surface area (Å²) in [5.74, 6) is 1.51. The molecule has 0 saturated carbocycles. The number of amidine groups is 1. The monoisotopic (exact) mass is 541 g/mol. The van der Waals surface area contributed by atoms with E-state index in [-0.39, 0.29) is 0 Å². The van der Waals surface area contributed by atoms with Crippen LogP contribution in [0.4, 0.5) is 11.5 Å². The van der Waals surface area contributed by atoms with Crippen LogP contribution in [0, 0.1) is 18.3 Å². The van der Waals surface area contributed by atoms with E-state index in [0.717, 1.165) is 28.2 Å². The van der Waals surface area contributed by atoms with E-state index in [1.165, 1.54) is 0 Å². The molecule has 8 nitrogen and oxygen atoms in total. The summed E-state index contributed by atoms with van der Waals surface area (Å²) in [4.78, 5) is 5.12. The van der Waals surface area contributed by atoms with E-state index in [1.54, 1.807) is 0 Å². The van der Waals surface area contributed by atoms with Crippen LogP contribution in [0.25, 0.3) is 0 Å². The van der Waals surface area contributed by atoms with Crippen molar-refractivity contribution in [3.63, 3.8) is 0 Å². The lowest BCUT2D eigenvalue weighted by molar-refractivity contribution is 0.0732. The number of nitriles is 1. The van der Waals surface area contributed by atoms with Gasteiger partial charge in [-0.05, 0) is 19.1 Å². The van der Waals surface area contributed by atoms with Crippen molar-refractivity contribution in [1.82, 2.24) is 19.1 Å². The van der Waals surface area contributed by atoms with Gasteiger partial charge in [-0.2, -0.15) is 10.4 Å². The first-order valence-corrected chi connectivity index (χ1v) is 14.1. The quantitative estimate of drug-likeness (QED) is 0.383. The Labute approximate surface area is 220 Å². The molecule has 0 bridgehead atoms. The van der Waals surface area contributed by atoms with Crippen LogP contribution in [-0.4, -0.2) is 58.3 Å². The molecule has 1 unspecified atom stereocenters. The molecule has 1 aromatic heterocycles. The van der Waals surface area contributed by atoms with Crippen molar-refractivity contribution >= 4 is 53.2 Å². The number of aliphatic imine (C=N–C) groups is 1. The zero-order valence-electron chi connectivity index (χ0n) is 20.1. The number of hydrogen-bond acceptors (Lipinski definition) is 5. The lowest BCUT2D eigenvalue weighted by atomic mass is 10.2. The Morgan fingerprint density at radius 2 is 1.78 bits per heavy atom. The number of halogens is 2. The molecular weight excluding hydrogens is 516 g/mol. The second-order valence-electron chi connectivity index (χ2n) is 8.52. The van der Waals surface area contributed by atoms with Crippen molar-refractivity contribution in [2.75, 3.05) is 33.4 Å². The zero-order valence-corrected chi connectivity index (χ0v) is 22.5. The normalized spacial score (nSPS) is 20.0. The van der Waals surface area contributed by atoms with Gasteiger partial charge in [0.2, 0.25) is 0 Å². The van der Waals surface area contributed by atoms with Gasteiger partial charge >= 0.3 is 0 Å². The zero-order chi connectivity index (χ0) is 25.3. The largest absolute Gasteiger partial charge is 0.379 e. The van der Waals surface area contributed by atoms with Crippen LogP contribution >= 0.6 is 30.6 Å². The van der Waals surface area contributed by atoms with Gasteiger partial charge in [0.15, 0.2) is 13.2 Å². The Morgan fingerprint density at radius 1 is 1.08 bits per heavy atom. The maximum Gasteiger partial charge on any atom is 0.165 e. The summed E-state index contributed by atoms with van der Waals surface area (Å²) < 4.78 is 17.6. The summed E-state index contributed by atoms with van der Waals surface area (Å²) in [5.41, 5.74) is 2.35. The SMILES string of the molecule is Cc1nn(CCC#N)c2c1P(=Nc1c(Cl)cccc1Cl)(N1CCOCC1)N(C)C(c1ccccc1)=N2. The molecule has 2 aliphatic heterocycles. The standard InChI is InChI=1S/C25H26Cl2N7OP/c1-18-23-25(34(30-18)13-7-12-28)29-24(19-8-4-3-5-9-19)32(2)36(23,33-14-16-35-17-15-33)31-22-20(26)10-6-11-21(22)27/h3-6,8-11H,7,13-17H2,1-2H3. The van der Waals surface area contributed by atoms with Crippen LogP contribution < -0.4 is 5.30 Å². The number of hydrogen-bond donors (Lipinski definition) is 0. The molecular formula is C25H26Cl2N7OP. The van der Waals surface area contributed by atoms with E-state index < -0.39 is 7.36 Å². The number of morpholine rings is 1. The van der Waals surface area contributed by atoms with E-state index >= 15 is 0 Å². The Bertz CT molecular complexity index is 1390. The molecule has 1 atom stereocenters. The topological polar surface area (TPSA) is 82.0 Å². The lowest BCUT2D eigenvalue weighted by Crippen LogP contribution is -2.45. The number of rotatable bonds is 5. The van der Waals surface area contributed by atoms with Crippen molar-refractivity contribution in [3.05, 3.63) is 69.8 Å². The van der Waals surface area contributed by atoms with Gasteiger partial charge in [-0.1, -0.05) is 59.6 Å². The number of ether oxygens (including phenoxy) is 1. The van der Waals surface area contributed by atoms with Gasteiger partial charge in [0.25, 0.3) is 0 Å². The predicted molar refractivity (Wildman–Crippen MR) is 145 cm³/mol. The Morgan fingerprint density at radius 3 is 2.44 bits per heavy atom. The van der Waals surface area contributed by atoms with Gasteiger partial charge in [0.1, 0.15) is 11.5 Å². The van der Waals surface area contributed by atoms with Crippen molar-refractivity contribution in [2.24, 2.45) is 9.74 Å². The summed E-state index contributed by atoms with van der Waals surface area (Å²) in [6, 6.07) is 17.7. The fourth-order valence-corrected chi connectivity index (χ4v) is 9.17. The molecule has 0 spiro atoms. The first-order valence-electron chi connectivity index (χ1n) is 11.7. The molecule has 36 heavy (non-hydrogen) atoms. The van der Waals surface area contributed by atoms with Gasteiger partial charge in [-0.3, -0.25) is 0 Å². The third kappa shape index (κ3) is 4.26. The highest BCUT2D eigenvalue weighted by atomic mass is 35.5. The second-order valence-corrected chi connectivity index (χ2v) is 12.3. The number of fused-ring (bicyclic) bond motifs is 1. The van der Waals surface area contributed by atoms with Crippen LogP contribution in [0.2, 0.25) is 10.0 Å². The second kappa shape index (κ2) is 10.4. The number of benzene rings is 2. The maximum atomic E-state index is 9.27. The third-order valence-corrected chi connectivity index (χ3v) is 10.8. The summed E-state index contributed by atoms with van der Waals surface area (Å²) in [7, 11) is -0.707. The highest BCUT2D eigenvalue weighted by molar-refractivity contribution is 7.70. The van der Waals surface area contributed by atoms with E-state index in [9.17, 15) is 5.26 Å².